The van der Waals surface area contributed by atoms with E-state index in [1.807, 2.05) is 25.9 Å². The molecule has 1 aliphatic carbocycles. The maximum atomic E-state index is 12.3. The second-order valence-electron chi connectivity index (χ2n) is 6.28. The molecule has 0 aliphatic heterocycles. The first-order chi connectivity index (χ1) is 8.21. The molecule has 3 unspecified atom stereocenters. The largest absolute Gasteiger partial charge is 0.378 e. The normalized spacial score (nSPS) is 29.9. The molecule has 1 fully saturated rings. The molecule has 3 atom stereocenters. The van der Waals surface area contributed by atoms with E-state index < -0.39 is 0 Å². The van der Waals surface area contributed by atoms with Crippen LogP contribution in [0.5, 0.6) is 0 Å². The van der Waals surface area contributed by atoms with Crippen LogP contribution in [0.15, 0.2) is 0 Å². The second kappa shape index (κ2) is 6.42. The minimum Gasteiger partial charge on any atom is -0.378 e. The second-order valence-corrected chi connectivity index (χ2v) is 6.28. The lowest BCUT2D eigenvalue weighted by molar-refractivity contribution is -0.208. The summed E-state index contributed by atoms with van der Waals surface area (Å²) in [6.45, 7) is 9.17. The van der Waals surface area contributed by atoms with Gasteiger partial charge in [-0.2, -0.15) is 0 Å². The van der Waals surface area contributed by atoms with Gasteiger partial charge in [-0.1, -0.05) is 20.8 Å². The number of amides is 1. The number of rotatable bonds is 5. The Labute approximate surface area is 123 Å². The third-order valence-electron chi connectivity index (χ3n) is 4.98. The highest BCUT2D eigenvalue weighted by Gasteiger charge is 2.59. The number of carbonyl (C=O) groups is 1. The molecule has 0 aromatic rings. The van der Waals surface area contributed by atoms with Crippen LogP contribution < -0.4 is 5.32 Å². The van der Waals surface area contributed by atoms with Gasteiger partial charge in [-0.3, -0.25) is 4.79 Å². The first-order valence-corrected chi connectivity index (χ1v) is 6.67. The maximum Gasteiger partial charge on any atom is 0.226 e. The Morgan fingerprint density at radius 1 is 1.47 bits per heavy atom. The van der Waals surface area contributed by atoms with Crippen LogP contribution in [0.25, 0.3) is 0 Å². The molecule has 0 bridgehead atoms. The Hall–Kier alpha value is -0.320. The topological polar surface area (TPSA) is 41.6 Å². The first kappa shape index (κ1) is 18.7. The molecule has 0 aromatic heterocycles. The van der Waals surface area contributed by atoms with Crippen LogP contribution in [0.3, 0.4) is 0 Å². The third-order valence-corrected chi connectivity index (χ3v) is 4.98. The molecule has 5 heteroatoms. The van der Waals surface area contributed by atoms with Crippen LogP contribution in [-0.4, -0.2) is 50.2 Å². The molecular formula is C14H29ClN2O2. The molecule has 1 rings (SSSR count). The van der Waals surface area contributed by atoms with E-state index in [1.165, 1.54) is 0 Å². The standard InChI is InChI=1S/C14H28N2O2.ClH/c1-10(9-15-5)12(17)16(6)11-8-14(4,18-7)13(11,2)3;/h10-11,15H,8-9H2,1-7H3;1H. The van der Waals surface area contributed by atoms with E-state index in [1.54, 1.807) is 7.11 Å². The van der Waals surface area contributed by atoms with Crippen molar-refractivity contribution in [2.75, 3.05) is 27.7 Å². The number of nitrogens with zero attached hydrogens (tertiary/aromatic N) is 1. The summed E-state index contributed by atoms with van der Waals surface area (Å²) in [5, 5.41) is 3.05. The van der Waals surface area contributed by atoms with E-state index in [-0.39, 0.29) is 41.3 Å². The molecule has 19 heavy (non-hydrogen) atoms. The number of carbonyl (C=O) groups excluding carboxylic acids is 1. The Morgan fingerprint density at radius 3 is 2.37 bits per heavy atom. The zero-order chi connectivity index (χ0) is 14.1. The van der Waals surface area contributed by atoms with Crippen LogP contribution in [0.1, 0.15) is 34.1 Å². The van der Waals surface area contributed by atoms with Crippen molar-refractivity contribution in [1.82, 2.24) is 10.2 Å². The fraction of sp³-hybridized carbons (Fsp3) is 0.929. The fourth-order valence-electron chi connectivity index (χ4n) is 2.97. The average molecular weight is 293 g/mol. The zero-order valence-corrected chi connectivity index (χ0v) is 14.1. The van der Waals surface area contributed by atoms with Crippen LogP contribution in [0.2, 0.25) is 0 Å². The molecule has 4 nitrogen and oxygen atoms in total. The van der Waals surface area contributed by atoms with Gasteiger partial charge >= 0.3 is 0 Å². The molecule has 114 valence electrons. The highest BCUT2D eigenvalue weighted by Crippen LogP contribution is 2.53. The quantitative estimate of drug-likeness (QED) is 0.842. The van der Waals surface area contributed by atoms with Crippen molar-refractivity contribution in [3.8, 4) is 0 Å². The lowest BCUT2D eigenvalue weighted by Gasteiger charge is -2.61. The lowest BCUT2D eigenvalue weighted by Crippen LogP contribution is -2.69. The summed E-state index contributed by atoms with van der Waals surface area (Å²) in [5.74, 6) is 0.228. The number of hydrogen-bond donors (Lipinski definition) is 1. The van der Waals surface area contributed by atoms with Gasteiger partial charge in [0.15, 0.2) is 0 Å². The highest BCUT2D eigenvalue weighted by atomic mass is 35.5. The van der Waals surface area contributed by atoms with Gasteiger partial charge in [-0.15, -0.1) is 12.4 Å². The SMILES string of the molecule is CNCC(C)C(=O)N(C)C1CC(C)(OC)C1(C)C.Cl. The molecule has 0 aromatic carbocycles. The number of hydrogen-bond acceptors (Lipinski definition) is 3. The van der Waals surface area contributed by atoms with Crippen LogP contribution >= 0.6 is 12.4 Å². The van der Waals surface area contributed by atoms with Crippen molar-refractivity contribution >= 4 is 18.3 Å². The van der Waals surface area contributed by atoms with Crippen LogP contribution in [0, 0.1) is 11.3 Å². The summed E-state index contributed by atoms with van der Waals surface area (Å²) < 4.78 is 5.61. The minimum absolute atomic E-state index is 0. The van der Waals surface area contributed by atoms with E-state index in [0.717, 1.165) is 13.0 Å². The summed E-state index contributed by atoms with van der Waals surface area (Å²) in [7, 11) is 5.54. The Kier molecular flexibility index (Phi) is 6.31. The first-order valence-electron chi connectivity index (χ1n) is 6.67. The Morgan fingerprint density at radius 2 is 2.00 bits per heavy atom. The van der Waals surface area contributed by atoms with E-state index in [2.05, 4.69) is 26.1 Å². The van der Waals surface area contributed by atoms with Crippen molar-refractivity contribution in [3.63, 3.8) is 0 Å². The summed E-state index contributed by atoms with van der Waals surface area (Å²) in [6.07, 6.45) is 0.908. The lowest BCUT2D eigenvalue weighted by atomic mass is 9.55. The molecular weight excluding hydrogens is 264 g/mol. The van der Waals surface area contributed by atoms with Gasteiger partial charge in [-0.05, 0) is 20.4 Å². The summed E-state index contributed by atoms with van der Waals surface area (Å²) in [6, 6.07) is 0.259. The Balaban J connectivity index is 0.00000324. The van der Waals surface area contributed by atoms with E-state index >= 15 is 0 Å². The van der Waals surface area contributed by atoms with Crippen molar-refractivity contribution < 1.29 is 9.53 Å². The van der Waals surface area contributed by atoms with Gasteiger partial charge < -0.3 is 15.0 Å². The predicted molar refractivity (Wildman–Crippen MR) is 80.7 cm³/mol. The van der Waals surface area contributed by atoms with Crippen LogP contribution in [0.4, 0.5) is 0 Å². The minimum atomic E-state index is -0.127. The van der Waals surface area contributed by atoms with Crippen molar-refractivity contribution in [2.45, 2.75) is 45.8 Å². The monoisotopic (exact) mass is 292 g/mol. The van der Waals surface area contributed by atoms with E-state index in [0.29, 0.717) is 0 Å². The molecule has 1 saturated carbocycles. The number of methoxy groups -OCH3 is 1. The molecule has 1 amide bonds. The summed E-state index contributed by atoms with van der Waals surface area (Å²) in [4.78, 5) is 14.2. The smallest absolute Gasteiger partial charge is 0.226 e. The molecule has 0 radical (unpaired) electrons. The molecule has 1 N–H and O–H groups in total. The molecule has 0 heterocycles. The van der Waals surface area contributed by atoms with Crippen molar-refractivity contribution in [1.29, 1.82) is 0 Å². The Bertz CT molecular complexity index is 323. The predicted octanol–water partition coefficient (Wildman–Crippen LogP) is 1.93. The molecule has 0 spiro atoms. The van der Waals surface area contributed by atoms with Gasteiger partial charge in [0.2, 0.25) is 5.91 Å². The number of nitrogens with one attached hydrogen (secondary N) is 1. The molecule has 1 aliphatic rings. The highest BCUT2D eigenvalue weighted by molar-refractivity contribution is 5.85. The molecule has 0 saturated heterocycles. The average Bonchev–Trinajstić information content (AvgIpc) is 2.33. The van der Waals surface area contributed by atoms with Crippen molar-refractivity contribution in [2.24, 2.45) is 11.3 Å². The number of halogens is 1. The van der Waals surface area contributed by atoms with Crippen molar-refractivity contribution in [3.05, 3.63) is 0 Å². The van der Waals surface area contributed by atoms with Gasteiger partial charge in [0, 0.05) is 38.1 Å². The van der Waals surface area contributed by atoms with Crippen LogP contribution in [-0.2, 0) is 9.53 Å². The van der Waals surface area contributed by atoms with E-state index in [9.17, 15) is 4.79 Å². The third kappa shape index (κ3) is 3.06. The maximum absolute atomic E-state index is 12.3. The fourth-order valence-corrected chi connectivity index (χ4v) is 2.97. The summed E-state index contributed by atoms with van der Waals surface area (Å²) >= 11 is 0. The van der Waals surface area contributed by atoms with Gasteiger partial charge in [-0.25, -0.2) is 0 Å². The van der Waals surface area contributed by atoms with Gasteiger partial charge in [0.05, 0.1) is 5.60 Å². The van der Waals surface area contributed by atoms with Gasteiger partial charge in [0.1, 0.15) is 0 Å². The van der Waals surface area contributed by atoms with E-state index in [4.69, 9.17) is 4.74 Å². The number of ether oxygens (including phenoxy) is 1. The summed E-state index contributed by atoms with van der Waals surface area (Å²) in [5.41, 5.74) is -0.135. The zero-order valence-electron chi connectivity index (χ0n) is 13.2. The van der Waals surface area contributed by atoms with Gasteiger partial charge in [0.25, 0.3) is 0 Å².